The van der Waals surface area contributed by atoms with Gasteiger partial charge in [0.2, 0.25) is 0 Å². The fourth-order valence-corrected chi connectivity index (χ4v) is 3.38. The van der Waals surface area contributed by atoms with Gasteiger partial charge in [-0.3, -0.25) is 9.05 Å². The molecule has 0 saturated carbocycles. The summed E-state index contributed by atoms with van der Waals surface area (Å²) in [5, 5.41) is 0. The van der Waals surface area contributed by atoms with Crippen molar-refractivity contribution >= 4 is 7.82 Å². The van der Waals surface area contributed by atoms with Gasteiger partial charge in [-0.2, -0.15) is 0 Å². The molecule has 0 spiro atoms. The second kappa shape index (κ2) is 16.7. The average molecular weight is 407 g/mol. The lowest BCUT2D eigenvalue weighted by Crippen LogP contribution is -2.37. The van der Waals surface area contributed by atoms with E-state index in [-0.39, 0.29) is 6.61 Å². The maximum absolute atomic E-state index is 11.7. The lowest BCUT2D eigenvalue weighted by atomic mass is 10.1. The molecule has 0 amide bonds. The van der Waals surface area contributed by atoms with Crippen molar-refractivity contribution < 1.29 is 23.0 Å². The first-order chi connectivity index (χ1) is 12.8. The van der Waals surface area contributed by atoms with Gasteiger partial charge >= 0.3 is 7.82 Å². The molecule has 1 N–H and O–H groups in total. The number of likely N-dealkylation sites (N-methyl/N-ethyl adjacent to an activating group) is 1. The molecule has 0 rings (SSSR count). The molecule has 27 heavy (non-hydrogen) atoms. The summed E-state index contributed by atoms with van der Waals surface area (Å²) in [6.07, 6.45) is 19.2. The Morgan fingerprint density at radius 3 is 1.81 bits per heavy atom. The molecule has 1 atom stereocenters. The lowest BCUT2D eigenvalue weighted by molar-refractivity contribution is -0.870. The molecule has 0 aliphatic heterocycles. The zero-order chi connectivity index (χ0) is 20.4. The van der Waals surface area contributed by atoms with E-state index in [2.05, 4.69) is 19.1 Å². The van der Waals surface area contributed by atoms with E-state index >= 15 is 0 Å². The Bertz CT molecular complexity index is 407. The molecule has 0 bridgehead atoms. The molecule has 0 radical (unpaired) electrons. The normalized spacial score (nSPS) is 14.7. The van der Waals surface area contributed by atoms with Crippen LogP contribution in [0, 0.1) is 0 Å². The first-order valence-corrected chi connectivity index (χ1v) is 12.3. The molecule has 0 aliphatic rings. The molecular formula is C21H45NO4P+. The summed E-state index contributed by atoms with van der Waals surface area (Å²) in [6.45, 7) is 3.42. The van der Waals surface area contributed by atoms with Gasteiger partial charge in [0, 0.05) is 0 Å². The van der Waals surface area contributed by atoms with Crippen molar-refractivity contribution in [1.82, 2.24) is 0 Å². The Hall–Kier alpha value is -0.190. The number of nitrogens with zero attached hydrogens (tertiary/aromatic N) is 1. The van der Waals surface area contributed by atoms with Crippen LogP contribution in [-0.2, 0) is 13.6 Å². The van der Waals surface area contributed by atoms with E-state index in [0.717, 1.165) is 12.8 Å². The van der Waals surface area contributed by atoms with Crippen LogP contribution in [0.5, 0.6) is 0 Å². The zero-order valence-electron chi connectivity index (χ0n) is 18.3. The van der Waals surface area contributed by atoms with Gasteiger partial charge in [-0.25, -0.2) is 4.57 Å². The quantitative estimate of drug-likeness (QED) is 0.122. The molecule has 0 aromatic heterocycles. The van der Waals surface area contributed by atoms with Gasteiger partial charge in [0.25, 0.3) is 0 Å². The van der Waals surface area contributed by atoms with Gasteiger partial charge in [-0.1, -0.05) is 70.4 Å². The van der Waals surface area contributed by atoms with Crippen LogP contribution < -0.4 is 0 Å². The Balaban J connectivity index is 3.37. The third-order valence-corrected chi connectivity index (χ3v) is 5.44. The van der Waals surface area contributed by atoms with Gasteiger partial charge < -0.3 is 9.38 Å². The molecule has 6 heteroatoms. The third kappa shape index (κ3) is 22.0. The number of phosphoric acid groups is 1. The predicted octanol–water partition coefficient (Wildman–Crippen LogP) is 6.08. The van der Waals surface area contributed by atoms with Crippen LogP contribution in [0.3, 0.4) is 0 Å². The molecule has 5 nitrogen and oxygen atoms in total. The van der Waals surface area contributed by atoms with Crippen LogP contribution in [0.1, 0.15) is 84.0 Å². The molecule has 162 valence electrons. The number of rotatable bonds is 19. The van der Waals surface area contributed by atoms with Gasteiger partial charge in [-0.15, -0.1) is 0 Å². The Morgan fingerprint density at radius 1 is 0.778 bits per heavy atom. The first-order valence-electron chi connectivity index (χ1n) is 10.8. The van der Waals surface area contributed by atoms with Crippen LogP contribution in [0.2, 0.25) is 0 Å². The van der Waals surface area contributed by atoms with Gasteiger partial charge in [0.1, 0.15) is 13.2 Å². The van der Waals surface area contributed by atoms with E-state index < -0.39 is 7.82 Å². The molecule has 0 aromatic rings. The number of quaternary nitrogens is 1. The van der Waals surface area contributed by atoms with Crippen molar-refractivity contribution in [2.45, 2.75) is 84.0 Å². The summed E-state index contributed by atoms with van der Waals surface area (Å²) in [4.78, 5) is 9.61. The lowest BCUT2D eigenvalue weighted by Gasteiger charge is -2.24. The maximum Gasteiger partial charge on any atom is 0.472 e. The van der Waals surface area contributed by atoms with E-state index in [1.165, 1.54) is 64.2 Å². The van der Waals surface area contributed by atoms with Crippen molar-refractivity contribution in [1.29, 1.82) is 0 Å². The van der Waals surface area contributed by atoms with Crippen molar-refractivity contribution in [3.63, 3.8) is 0 Å². The van der Waals surface area contributed by atoms with Crippen LogP contribution in [-0.4, -0.2) is 50.3 Å². The molecule has 0 heterocycles. The molecular weight excluding hydrogens is 361 g/mol. The Kier molecular flexibility index (Phi) is 16.6. The standard InChI is InChI=1S/C21H44NO4P/c1-5-6-7-8-9-10-11-12-13-14-15-16-17-18-20-25-27(23,24)26-21-19-22(2,3)4/h8-9H,5-7,10-21H2,1-4H3/p+1. The molecule has 0 aromatic carbocycles. The largest absolute Gasteiger partial charge is 0.472 e. The summed E-state index contributed by atoms with van der Waals surface area (Å²) in [7, 11) is 2.16. The SMILES string of the molecule is CCCCC=CCCCCCCCCCCOP(=O)(O)OCC[N+](C)(C)C. The number of hydrogen-bond acceptors (Lipinski definition) is 3. The Labute approximate surface area is 168 Å². The second-order valence-electron chi connectivity index (χ2n) is 8.38. The number of unbranched alkanes of at least 4 members (excludes halogenated alkanes) is 10. The highest BCUT2D eigenvalue weighted by atomic mass is 31.2. The van der Waals surface area contributed by atoms with Crippen LogP contribution in [0.25, 0.3) is 0 Å². The maximum atomic E-state index is 11.7. The average Bonchev–Trinajstić information content (AvgIpc) is 2.57. The van der Waals surface area contributed by atoms with Crippen molar-refractivity contribution in [2.24, 2.45) is 0 Å². The monoisotopic (exact) mass is 406 g/mol. The minimum Gasteiger partial charge on any atom is -0.329 e. The molecule has 0 aliphatic carbocycles. The Morgan fingerprint density at radius 2 is 1.26 bits per heavy atom. The highest BCUT2D eigenvalue weighted by Crippen LogP contribution is 2.43. The van der Waals surface area contributed by atoms with Crippen molar-refractivity contribution in [3.8, 4) is 0 Å². The molecule has 0 saturated heterocycles. The predicted molar refractivity (Wildman–Crippen MR) is 115 cm³/mol. The van der Waals surface area contributed by atoms with E-state index in [1.807, 2.05) is 21.1 Å². The summed E-state index contributed by atoms with van der Waals surface area (Å²) in [6, 6.07) is 0. The van der Waals surface area contributed by atoms with Gasteiger partial charge in [0.05, 0.1) is 27.7 Å². The topological polar surface area (TPSA) is 55.8 Å². The van der Waals surface area contributed by atoms with Gasteiger partial charge in [-0.05, 0) is 25.7 Å². The van der Waals surface area contributed by atoms with E-state index in [4.69, 9.17) is 9.05 Å². The van der Waals surface area contributed by atoms with Crippen LogP contribution in [0.4, 0.5) is 0 Å². The third-order valence-electron chi connectivity index (χ3n) is 4.43. The van der Waals surface area contributed by atoms with E-state index in [1.54, 1.807) is 0 Å². The summed E-state index contributed by atoms with van der Waals surface area (Å²) >= 11 is 0. The highest BCUT2D eigenvalue weighted by molar-refractivity contribution is 7.47. The molecule has 1 unspecified atom stereocenters. The summed E-state index contributed by atoms with van der Waals surface area (Å²) in [5.41, 5.74) is 0. The fourth-order valence-electron chi connectivity index (χ4n) is 2.63. The second-order valence-corrected chi connectivity index (χ2v) is 9.83. The number of phosphoric ester groups is 1. The summed E-state index contributed by atoms with van der Waals surface area (Å²) in [5.74, 6) is 0. The summed E-state index contributed by atoms with van der Waals surface area (Å²) < 4.78 is 22.4. The van der Waals surface area contributed by atoms with Gasteiger partial charge in [0.15, 0.2) is 0 Å². The molecule has 0 fully saturated rings. The number of allylic oxidation sites excluding steroid dienone is 2. The van der Waals surface area contributed by atoms with Crippen molar-refractivity contribution in [2.75, 3.05) is 40.9 Å². The zero-order valence-corrected chi connectivity index (χ0v) is 19.2. The number of hydrogen-bond donors (Lipinski definition) is 1. The smallest absolute Gasteiger partial charge is 0.329 e. The van der Waals surface area contributed by atoms with Crippen LogP contribution in [0.15, 0.2) is 12.2 Å². The minimum absolute atomic E-state index is 0.228. The van der Waals surface area contributed by atoms with Crippen LogP contribution >= 0.6 is 7.82 Å². The minimum atomic E-state index is -3.88. The van der Waals surface area contributed by atoms with E-state index in [9.17, 15) is 9.46 Å². The first kappa shape index (κ1) is 26.8. The van der Waals surface area contributed by atoms with E-state index in [0.29, 0.717) is 17.6 Å². The van der Waals surface area contributed by atoms with Crippen molar-refractivity contribution in [3.05, 3.63) is 12.2 Å². The highest BCUT2D eigenvalue weighted by Gasteiger charge is 2.21. The fraction of sp³-hybridized carbons (Fsp3) is 0.905.